The second-order valence-corrected chi connectivity index (χ2v) is 3.97. The number of benzene rings is 1. The number of carboxylic acids is 2. The number of rotatable bonds is 5. The van der Waals surface area contributed by atoms with Crippen molar-refractivity contribution < 1.29 is 19.8 Å². The molecule has 1 aromatic carbocycles. The average Bonchev–Trinajstić information content (AvgIpc) is 2.25. The first kappa shape index (κ1) is 13.0. The lowest BCUT2D eigenvalue weighted by atomic mass is 9.96. The highest BCUT2D eigenvalue weighted by Crippen LogP contribution is 2.22. The molecule has 0 heterocycles. The molecule has 0 aliphatic heterocycles. The third-order valence-electron chi connectivity index (χ3n) is 2.49. The van der Waals surface area contributed by atoms with Crippen LogP contribution >= 0.6 is 0 Å². The number of aliphatic carboxylic acids is 2. The van der Waals surface area contributed by atoms with Gasteiger partial charge >= 0.3 is 11.9 Å². The van der Waals surface area contributed by atoms with E-state index >= 15 is 0 Å². The van der Waals surface area contributed by atoms with Crippen molar-refractivity contribution in [2.24, 2.45) is 0 Å². The number of hydrogen-bond donors (Lipinski definition) is 2. The van der Waals surface area contributed by atoms with E-state index in [1.165, 1.54) is 0 Å². The summed E-state index contributed by atoms with van der Waals surface area (Å²) < 4.78 is 0. The Morgan fingerprint density at radius 3 is 2.06 bits per heavy atom. The standard InChI is InChI=1S/C12H15NO4/c1-13(2)9-5-3-8(4-6-9)10(12(16)17)7-11(14)15/h3-6,10H,7H2,1-2H3,(H,14,15)(H,16,17)/t10-/m1/s1. The molecule has 0 aliphatic carbocycles. The van der Waals surface area contributed by atoms with E-state index in [1.54, 1.807) is 24.3 Å². The molecule has 0 amide bonds. The van der Waals surface area contributed by atoms with Gasteiger partial charge in [0.1, 0.15) is 0 Å². The van der Waals surface area contributed by atoms with Crippen molar-refractivity contribution in [2.75, 3.05) is 19.0 Å². The van der Waals surface area contributed by atoms with Crippen LogP contribution in [0.4, 0.5) is 5.69 Å². The van der Waals surface area contributed by atoms with Crippen molar-refractivity contribution in [3.05, 3.63) is 29.8 Å². The van der Waals surface area contributed by atoms with E-state index < -0.39 is 24.3 Å². The number of nitrogens with zero attached hydrogens (tertiary/aromatic N) is 1. The first-order valence-corrected chi connectivity index (χ1v) is 5.13. The zero-order valence-corrected chi connectivity index (χ0v) is 9.75. The van der Waals surface area contributed by atoms with Gasteiger partial charge in [-0.1, -0.05) is 12.1 Å². The Kier molecular flexibility index (Phi) is 4.09. The van der Waals surface area contributed by atoms with E-state index in [-0.39, 0.29) is 0 Å². The maximum absolute atomic E-state index is 11.0. The minimum Gasteiger partial charge on any atom is -0.481 e. The molecule has 2 N–H and O–H groups in total. The molecule has 1 rings (SSSR count). The van der Waals surface area contributed by atoms with Crippen molar-refractivity contribution in [1.82, 2.24) is 0 Å². The Morgan fingerprint density at radius 2 is 1.71 bits per heavy atom. The number of anilines is 1. The van der Waals surface area contributed by atoms with Crippen LogP contribution in [0, 0.1) is 0 Å². The SMILES string of the molecule is CN(C)c1ccc([C@@H](CC(=O)O)C(=O)O)cc1. The summed E-state index contributed by atoms with van der Waals surface area (Å²) in [7, 11) is 3.75. The molecule has 1 aromatic rings. The van der Waals surface area contributed by atoms with Crippen molar-refractivity contribution in [2.45, 2.75) is 12.3 Å². The summed E-state index contributed by atoms with van der Waals surface area (Å²) in [6.07, 6.45) is -0.406. The van der Waals surface area contributed by atoms with Crippen LogP contribution in [0.15, 0.2) is 24.3 Å². The van der Waals surface area contributed by atoms with Crippen LogP contribution in [0.1, 0.15) is 17.9 Å². The predicted molar refractivity (Wildman–Crippen MR) is 63.4 cm³/mol. The van der Waals surface area contributed by atoms with Crippen LogP contribution in [0.25, 0.3) is 0 Å². The predicted octanol–water partition coefficient (Wildman–Crippen LogP) is 1.40. The summed E-state index contributed by atoms with van der Waals surface area (Å²) in [6, 6.07) is 6.84. The van der Waals surface area contributed by atoms with Crippen LogP contribution in [-0.2, 0) is 9.59 Å². The Morgan fingerprint density at radius 1 is 1.18 bits per heavy atom. The van der Waals surface area contributed by atoms with Crippen LogP contribution in [0.2, 0.25) is 0 Å². The highest BCUT2D eigenvalue weighted by atomic mass is 16.4. The molecule has 0 fully saturated rings. The summed E-state index contributed by atoms with van der Waals surface area (Å²) in [4.78, 5) is 23.5. The van der Waals surface area contributed by atoms with E-state index in [0.29, 0.717) is 5.56 Å². The molecule has 0 bridgehead atoms. The quantitative estimate of drug-likeness (QED) is 0.809. The van der Waals surface area contributed by atoms with E-state index in [1.807, 2.05) is 19.0 Å². The van der Waals surface area contributed by atoms with Gasteiger partial charge in [-0.15, -0.1) is 0 Å². The van der Waals surface area contributed by atoms with Gasteiger partial charge < -0.3 is 15.1 Å². The normalized spacial score (nSPS) is 11.9. The van der Waals surface area contributed by atoms with Gasteiger partial charge in [0.2, 0.25) is 0 Å². The Balaban J connectivity index is 2.95. The number of carboxylic acid groups (broad SMARTS) is 2. The third kappa shape index (κ3) is 3.48. The first-order chi connectivity index (χ1) is 7.91. The summed E-state index contributed by atoms with van der Waals surface area (Å²) >= 11 is 0. The molecule has 1 atom stereocenters. The van der Waals surface area contributed by atoms with Gasteiger partial charge in [-0.05, 0) is 17.7 Å². The molecule has 17 heavy (non-hydrogen) atoms. The number of carbonyl (C=O) groups is 2. The fourth-order valence-electron chi connectivity index (χ4n) is 1.53. The first-order valence-electron chi connectivity index (χ1n) is 5.13. The fraction of sp³-hybridized carbons (Fsp3) is 0.333. The fourth-order valence-corrected chi connectivity index (χ4v) is 1.53. The molecule has 5 nitrogen and oxygen atoms in total. The van der Waals surface area contributed by atoms with Crippen LogP contribution in [0.5, 0.6) is 0 Å². The molecular weight excluding hydrogens is 222 g/mol. The second kappa shape index (κ2) is 5.34. The van der Waals surface area contributed by atoms with Crippen molar-refractivity contribution in [3.8, 4) is 0 Å². The molecule has 0 unspecified atom stereocenters. The summed E-state index contributed by atoms with van der Waals surface area (Å²) in [5.41, 5.74) is 1.44. The summed E-state index contributed by atoms with van der Waals surface area (Å²) in [6.45, 7) is 0. The lowest BCUT2D eigenvalue weighted by molar-refractivity contribution is -0.145. The molecule has 0 spiro atoms. The monoisotopic (exact) mass is 237 g/mol. The van der Waals surface area contributed by atoms with Crippen LogP contribution < -0.4 is 4.90 Å². The maximum Gasteiger partial charge on any atom is 0.311 e. The molecule has 0 aromatic heterocycles. The topological polar surface area (TPSA) is 77.8 Å². The zero-order chi connectivity index (χ0) is 13.0. The van der Waals surface area contributed by atoms with Gasteiger partial charge in [0, 0.05) is 19.8 Å². The van der Waals surface area contributed by atoms with Crippen LogP contribution in [0.3, 0.4) is 0 Å². The summed E-state index contributed by atoms with van der Waals surface area (Å²) in [5.74, 6) is -3.23. The van der Waals surface area contributed by atoms with E-state index in [9.17, 15) is 9.59 Å². The van der Waals surface area contributed by atoms with Gasteiger partial charge in [0.05, 0.1) is 12.3 Å². The third-order valence-corrected chi connectivity index (χ3v) is 2.49. The van der Waals surface area contributed by atoms with E-state index in [0.717, 1.165) is 5.69 Å². The van der Waals surface area contributed by atoms with Gasteiger partial charge in [-0.2, -0.15) is 0 Å². The molecule has 5 heteroatoms. The largest absolute Gasteiger partial charge is 0.481 e. The molecule has 0 aliphatic rings. The Hall–Kier alpha value is -2.04. The second-order valence-electron chi connectivity index (χ2n) is 3.97. The van der Waals surface area contributed by atoms with Gasteiger partial charge in [-0.25, -0.2) is 0 Å². The smallest absolute Gasteiger partial charge is 0.311 e. The average molecular weight is 237 g/mol. The maximum atomic E-state index is 11.0. The lowest BCUT2D eigenvalue weighted by Gasteiger charge is -2.15. The highest BCUT2D eigenvalue weighted by molar-refractivity contribution is 5.82. The van der Waals surface area contributed by atoms with Crippen molar-refractivity contribution in [3.63, 3.8) is 0 Å². The minimum atomic E-state index is -1.12. The Bertz CT molecular complexity index is 411. The van der Waals surface area contributed by atoms with E-state index in [2.05, 4.69) is 0 Å². The van der Waals surface area contributed by atoms with Gasteiger partial charge in [0.25, 0.3) is 0 Å². The zero-order valence-electron chi connectivity index (χ0n) is 9.75. The van der Waals surface area contributed by atoms with Gasteiger partial charge in [0.15, 0.2) is 0 Å². The molecule has 0 saturated carbocycles. The number of hydrogen-bond acceptors (Lipinski definition) is 3. The lowest BCUT2D eigenvalue weighted by Crippen LogP contribution is -2.16. The molecule has 0 radical (unpaired) electrons. The highest BCUT2D eigenvalue weighted by Gasteiger charge is 2.22. The molecule has 0 saturated heterocycles. The Labute approximate surface area is 99.3 Å². The molecular formula is C12H15NO4. The van der Waals surface area contributed by atoms with E-state index in [4.69, 9.17) is 10.2 Å². The minimum absolute atomic E-state index is 0.406. The van der Waals surface area contributed by atoms with Gasteiger partial charge in [-0.3, -0.25) is 9.59 Å². The summed E-state index contributed by atoms with van der Waals surface area (Å²) in [5, 5.41) is 17.6. The molecule has 92 valence electrons. The van der Waals surface area contributed by atoms with Crippen molar-refractivity contribution >= 4 is 17.6 Å². The van der Waals surface area contributed by atoms with Crippen LogP contribution in [-0.4, -0.2) is 36.2 Å². The van der Waals surface area contributed by atoms with Crippen molar-refractivity contribution in [1.29, 1.82) is 0 Å².